The van der Waals surface area contributed by atoms with Crippen LogP contribution in [0.1, 0.15) is 48.0 Å². The molecule has 0 amide bonds. The lowest BCUT2D eigenvalue weighted by Crippen LogP contribution is -2.15. The van der Waals surface area contributed by atoms with Crippen molar-refractivity contribution in [3.8, 4) is 0 Å². The molecule has 27 heavy (non-hydrogen) atoms. The Morgan fingerprint density at radius 1 is 0.926 bits per heavy atom. The summed E-state index contributed by atoms with van der Waals surface area (Å²) in [6, 6.07) is 0. The molecule has 0 saturated heterocycles. The van der Waals surface area contributed by atoms with Gasteiger partial charge in [0.05, 0.1) is 10.6 Å². The van der Waals surface area contributed by atoms with Gasteiger partial charge in [0, 0.05) is 6.42 Å². The normalized spacial score (nSPS) is 21.2. The molecule has 0 spiro atoms. The first-order valence-corrected chi connectivity index (χ1v) is 11.1. The second kappa shape index (κ2) is 11.5. The van der Waals surface area contributed by atoms with Crippen LogP contribution in [0.4, 0.5) is 0 Å². The molecular weight excluding hydrogens is 355 g/mol. The zero-order valence-electron chi connectivity index (χ0n) is 17.6. The number of hydrogen-bond acceptors (Lipinski definition) is 3. The Hall–Kier alpha value is -2.25. The van der Waals surface area contributed by atoms with Gasteiger partial charge in [-0.2, -0.15) is 0 Å². The van der Waals surface area contributed by atoms with Crippen LogP contribution in [0.25, 0.3) is 0 Å². The number of allylic oxidation sites excluding steroid dienone is 9. The minimum atomic E-state index is -3.19. The molecule has 1 unspecified atom stereocenters. The molecule has 2 rings (SSSR count). The zero-order valence-corrected chi connectivity index (χ0v) is 18.5. The fraction of sp³-hybridized carbons (Fsp3) is 0.304. The van der Waals surface area contributed by atoms with Gasteiger partial charge in [-0.1, -0.05) is 79.2 Å². The molecule has 0 aromatic carbocycles. The summed E-state index contributed by atoms with van der Waals surface area (Å²) in [5.41, 5.74) is 0. The standard InChI is InChI=1S/C19H21O3P.2C2H6/c1-7-12-16-19-13(6)21-14(8-2)17(10-4)23(19,20)18(11-5)15(9-3)22-16;2*1-2/h7-8,10-12H,2,4-6,9H2,1,3H3;2*1-2H3/b12-7-;;. The third-order valence-electron chi connectivity index (χ3n) is 3.71. The molecule has 0 N–H and O–H groups in total. The molecule has 2 heterocycles. The summed E-state index contributed by atoms with van der Waals surface area (Å²) in [7, 11) is -3.19. The third-order valence-corrected chi connectivity index (χ3v) is 7.00. The number of ether oxygens (including phenoxy) is 2. The van der Waals surface area contributed by atoms with Crippen LogP contribution in [0.5, 0.6) is 0 Å². The predicted octanol–water partition coefficient (Wildman–Crippen LogP) is 8.15. The van der Waals surface area contributed by atoms with Crippen LogP contribution in [-0.2, 0) is 14.0 Å². The molecule has 2 aliphatic heterocycles. The first-order valence-electron chi connectivity index (χ1n) is 9.37. The van der Waals surface area contributed by atoms with Crippen molar-refractivity contribution in [1.82, 2.24) is 0 Å². The predicted molar refractivity (Wildman–Crippen MR) is 118 cm³/mol. The van der Waals surface area contributed by atoms with Crippen molar-refractivity contribution in [2.24, 2.45) is 0 Å². The Morgan fingerprint density at radius 3 is 1.89 bits per heavy atom. The van der Waals surface area contributed by atoms with Gasteiger partial charge in [-0.05, 0) is 19.1 Å². The van der Waals surface area contributed by atoms with Gasteiger partial charge in [0.1, 0.15) is 28.4 Å². The topological polar surface area (TPSA) is 35.5 Å². The van der Waals surface area contributed by atoms with Gasteiger partial charge in [-0.25, -0.2) is 0 Å². The van der Waals surface area contributed by atoms with Crippen LogP contribution in [0.15, 0.2) is 95.7 Å². The molecule has 148 valence electrons. The van der Waals surface area contributed by atoms with E-state index < -0.39 is 7.14 Å². The lowest BCUT2D eigenvalue weighted by Gasteiger charge is -2.36. The summed E-state index contributed by atoms with van der Waals surface area (Å²) in [6.07, 6.45) is 8.86. The molecule has 0 fully saturated rings. The van der Waals surface area contributed by atoms with E-state index in [2.05, 4.69) is 26.3 Å². The van der Waals surface area contributed by atoms with Crippen molar-refractivity contribution in [2.45, 2.75) is 48.0 Å². The molecule has 0 radical (unpaired) electrons. The quantitative estimate of drug-likeness (QED) is 0.446. The van der Waals surface area contributed by atoms with E-state index in [1.54, 1.807) is 18.2 Å². The van der Waals surface area contributed by atoms with Crippen LogP contribution in [0.3, 0.4) is 0 Å². The van der Waals surface area contributed by atoms with Crippen LogP contribution in [-0.4, -0.2) is 0 Å². The van der Waals surface area contributed by atoms with E-state index in [1.807, 2.05) is 47.6 Å². The van der Waals surface area contributed by atoms with Gasteiger partial charge in [0.25, 0.3) is 0 Å². The van der Waals surface area contributed by atoms with Crippen molar-refractivity contribution < 1.29 is 14.0 Å². The maximum absolute atomic E-state index is 14.2. The van der Waals surface area contributed by atoms with Gasteiger partial charge < -0.3 is 14.0 Å². The first kappa shape index (κ1) is 24.8. The average molecular weight is 388 g/mol. The van der Waals surface area contributed by atoms with Gasteiger partial charge in [0.15, 0.2) is 7.14 Å². The Kier molecular flexibility index (Phi) is 10.5. The van der Waals surface area contributed by atoms with Crippen molar-refractivity contribution >= 4 is 7.14 Å². The zero-order chi connectivity index (χ0) is 21.2. The minimum Gasteiger partial charge on any atom is -0.460 e. The van der Waals surface area contributed by atoms with Gasteiger partial charge in [-0.15, -0.1) is 0 Å². The number of rotatable bonds is 5. The maximum atomic E-state index is 14.2. The van der Waals surface area contributed by atoms with Crippen LogP contribution in [0.2, 0.25) is 0 Å². The fourth-order valence-electron chi connectivity index (χ4n) is 2.77. The summed E-state index contributed by atoms with van der Waals surface area (Å²) in [6.45, 7) is 27.1. The molecule has 3 nitrogen and oxygen atoms in total. The van der Waals surface area contributed by atoms with Gasteiger partial charge in [-0.3, -0.25) is 0 Å². The first-order chi connectivity index (χ1) is 13.0. The van der Waals surface area contributed by atoms with E-state index in [1.165, 1.54) is 6.08 Å². The highest BCUT2D eigenvalue weighted by Crippen LogP contribution is 2.75. The van der Waals surface area contributed by atoms with E-state index in [9.17, 15) is 4.57 Å². The van der Waals surface area contributed by atoms with Gasteiger partial charge in [0.2, 0.25) is 0 Å². The maximum Gasteiger partial charge on any atom is 0.185 e. The van der Waals surface area contributed by atoms with Crippen molar-refractivity contribution in [1.29, 1.82) is 0 Å². The molecule has 2 aliphatic rings. The summed E-state index contributed by atoms with van der Waals surface area (Å²) < 4.78 is 25.8. The van der Waals surface area contributed by atoms with E-state index in [-0.39, 0.29) is 0 Å². The second-order valence-corrected chi connectivity index (χ2v) is 7.60. The van der Waals surface area contributed by atoms with Crippen LogP contribution in [0, 0.1) is 0 Å². The monoisotopic (exact) mass is 388 g/mol. The van der Waals surface area contributed by atoms with Gasteiger partial charge >= 0.3 is 0 Å². The molecule has 1 atom stereocenters. The smallest absolute Gasteiger partial charge is 0.185 e. The molecule has 0 aliphatic carbocycles. The van der Waals surface area contributed by atoms with E-state index in [0.717, 1.165) is 0 Å². The van der Waals surface area contributed by atoms with E-state index in [4.69, 9.17) is 9.47 Å². The van der Waals surface area contributed by atoms with E-state index in [0.29, 0.717) is 45.4 Å². The number of fused-ring (bicyclic) bond motifs is 1. The Labute approximate surface area is 165 Å². The highest BCUT2D eigenvalue weighted by atomic mass is 31.2. The molecule has 0 aromatic rings. The minimum absolute atomic E-state index is 0.302. The number of hydrogen-bond donors (Lipinski definition) is 0. The average Bonchev–Trinajstić information content (AvgIpc) is 2.69. The fourth-order valence-corrected chi connectivity index (χ4v) is 5.86. The van der Waals surface area contributed by atoms with Crippen molar-refractivity contribution in [3.05, 3.63) is 95.7 Å². The highest BCUT2D eigenvalue weighted by molar-refractivity contribution is 7.77. The van der Waals surface area contributed by atoms with E-state index >= 15 is 0 Å². The Morgan fingerprint density at radius 2 is 1.48 bits per heavy atom. The summed E-state index contributed by atoms with van der Waals surface area (Å²) in [4.78, 5) is 0. The van der Waals surface area contributed by atoms with Crippen LogP contribution < -0.4 is 0 Å². The SMILES string of the molecule is C=CC1=C(C=C)P2(=O)C(C=C)=C(CC)OC(/C=C\C)=C2C(=C)O1.CC.CC. The summed E-state index contributed by atoms with van der Waals surface area (Å²) in [5, 5.41) is 1.53. The third kappa shape index (κ3) is 4.36. The van der Waals surface area contributed by atoms with Crippen molar-refractivity contribution in [3.63, 3.8) is 0 Å². The Balaban J connectivity index is 0.00000158. The lowest BCUT2D eigenvalue weighted by molar-refractivity contribution is 0.286. The molecular formula is C23H33O3P. The second-order valence-electron chi connectivity index (χ2n) is 4.97. The highest BCUT2D eigenvalue weighted by Gasteiger charge is 2.47. The summed E-state index contributed by atoms with van der Waals surface area (Å²) >= 11 is 0. The summed E-state index contributed by atoms with van der Waals surface area (Å²) in [5.74, 6) is 1.84. The molecule has 0 saturated carbocycles. The lowest BCUT2D eigenvalue weighted by atomic mass is 10.3. The Bertz CT molecular complexity index is 773. The molecule has 4 heteroatoms. The van der Waals surface area contributed by atoms with Crippen LogP contribution >= 0.6 is 7.14 Å². The largest absolute Gasteiger partial charge is 0.460 e. The molecule has 0 bridgehead atoms. The molecule has 0 aromatic heterocycles. The van der Waals surface area contributed by atoms with Crippen molar-refractivity contribution in [2.75, 3.05) is 0 Å².